The average Bonchev–Trinajstić information content (AvgIpc) is 2.20. The highest BCUT2D eigenvalue weighted by atomic mass is 16.5. The largest absolute Gasteiger partial charge is 0.379 e. The second-order valence-electron chi connectivity index (χ2n) is 4.11. The maximum absolute atomic E-state index is 5.55. The lowest BCUT2D eigenvalue weighted by atomic mass is 9.79. The molecule has 1 saturated heterocycles. The van der Waals surface area contributed by atoms with E-state index in [0.717, 1.165) is 19.8 Å². The van der Waals surface area contributed by atoms with Crippen molar-refractivity contribution < 1.29 is 9.47 Å². The first-order chi connectivity index (χ1) is 6.37. The molecule has 2 atom stereocenters. The van der Waals surface area contributed by atoms with Crippen LogP contribution in [-0.4, -0.2) is 38.5 Å². The zero-order chi connectivity index (χ0) is 9.15. The van der Waals surface area contributed by atoms with Gasteiger partial charge in [0.05, 0.1) is 24.9 Å². The Labute approximate surface area is 79.8 Å². The molecule has 0 bridgehead atoms. The van der Waals surface area contributed by atoms with Crippen molar-refractivity contribution in [1.29, 1.82) is 0 Å². The Balaban J connectivity index is 2.06. The predicted octanol–water partition coefficient (Wildman–Crippen LogP) is 0.934. The van der Waals surface area contributed by atoms with E-state index in [2.05, 4.69) is 5.32 Å². The standard InChI is InChI=1S/C10H19NO2/c1-12-9-4-2-3-5-10(9)8-13-7-6-11-10/h9,11H,2-8H2,1H3. The fourth-order valence-electron chi connectivity index (χ4n) is 2.60. The van der Waals surface area contributed by atoms with Gasteiger partial charge in [0.2, 0.25) is 0 Å². The summed E-state index contributed by atoms with van der Waals surface area (Å²) in [5.74, 6) is 0. The van der Waals surface area contributed by atoms with E-state index in [9.17, 15) is 0 Å². The third-order valence-corrected chi connectivity index (χ3v) is 3.32. The number of hydrogen-bond acceptors (Lipinski definition) is 3. The Kier molecular flexibility index (Phi) is 2.86. The minimum absolute atomic E-state index is 0.130. The molecule has 1 aliphatic carbocycles. The summed E-state index contributed by atoms with van der Waals surface area (Å²) >= 11 is 0. The fourth-order valence-corrected chi connectivity index (χ4v) is 2.60. The lowest BCUT2D eigenvalue weighted by Gasteiger charge is -2.46. The second-order valence-corrected chi connectivity index (χ2v) is 4.11. The number of nitrogens with one attached hydrogen (secondary N) is 1. The highest BCUT2D eigenvalue weighted by molar-refractivity contribution is 4.99. The molecule has 0 aromatic rings. The minimum Gasteiger partial charge on any atom is -0.379 e. The van der Waals surface area contributed by atoms with Crippen LogP contribution in [0.2, 0.25) is 0 Å². The Morgan fingerprint density at radius 2 is 2.38 bits per heavy atom. The zero-order valence-corrected chi connectivity index (χ0v) is 8.34. The molecule has 1 saturated carbocycles. The van der Waals surface area contributed by atoms with Crippen LogP contribution in [0, 0.1) is 0 Å². The first-order valence-electron chi connectivity index (χ1n) is 5.23. The van der Waals surface area contributed by atoms with E-state index >= 15 is 0 Å². The van der Waals surface area contributed by atoms with Gasteiger partial charge in [0.15, 0.2) is 0 Å². The van der Waals surface area contributed by atoms with Crippen LogP contribution in [0.5, 0.6) is 0 Å². The number of methoxy groups -OCH3 is 1. The summed E-state index contributed by atoms with van der Waals surface area (Å²) in [7, 11) is 1.81. The number of rotatable bonds is 1. The van der Waals surface area contributed by atoms with E-state index in [0.29, 0.717) is 6.10 Å². The van der Waals surface area contributed by atoms with Gasteiger partial charge in [-0.3, -0.25) is 0 Å². The van der Waals surface area contributed by atoms with Crippen LogP contribution < -0.4 is 5.32 Å². The Morgan fingerprint density at radius 3 is 3.08 bits per heavy atom. The molecule has 2 rings (SSSR count). The third-order valence-electron chi connectivity index (χ3n) is 3.32. The van der Waals surface area contributed by atoms with Crippen molar-refractivity contribution in [2.24, 2.45) is 0 Å². The number of ether oxygens (including phenoxy) is 2. The molecule has 0 aromatic heterocycles. The second kappa shape index (κ2) is 3.95. The summed E-state index contributed by atoms with van der Waals surface area (Å²) < 4.78 is 11.1. The smallest absolute Gasteiger partial charge is 0.0775 e. The van der Waals surface area contributed by atoms with Gasteiger partial charge in [-0.15, -0.1) is 0 Å². The lowest BCUT2D eigenvalue weighted by Crippen LogP contribution is -2.63. The first-order valence-corrected chi connectivity index (χ1v) is 5.23. The van der Waals surface area contributed by atoms with Crippen LogP contribution in [0.15, 0.2) is 0 Å². The molecule has 1 spiro atoms. The molecule has 2 fully saturated rings. The Hall–Kier alpha value is -0.120. The highest BCUT2D eigenvalue weighted by Crippen LogP contribution is 2.31. The van der Waals surface area contributed by atoms with Crippen LogP contribution >= 0.6 is 0 Å². The van der Waals surface area contributed by atoms with Gasteiger partial charge < -0.3 is 14.8 Å². The SMILES string of the molecule is COC1CCCCC12COCCN2. The van der Waals surface area contributed by atoms with Crippen LogP contribution in [-0.2, 0) is 9.47 Å². The molecule has 0 amide bonds. The molecule has 13 heavy (non-hydrogen) atoms. The molecule has 2 aliphatic rings. The van der Waals surface area contributed by atoms with Crippen molar-refractivity contribution in [3.05, 3.63) is 0 Å². The van der Waals surface area contributed by atoms with Crippen molar-refractivity contribution >= 4 is 0 Å². The Morgan fingerprint density at radius 1 is 1.46 bits per heavy atom. The molecular weight excluding hydrogens is 166 g/mol. The number of morpholine rings is 1. The molecule has 3 nitrogen and oxygen atoms in total. The van der Waals surface area contributed by atoms with Gasteiger partial charge in [-0.25, -0.2) is 0 Å². The maximum Gasteiger partial charge on any atom is 0.0775 e. The van der Waals surface area contributed by atoms with Crippen LogP contribution in [0.4, 0.5) is 0 Å². The van der Waals surface area contributed by atoms with Gasteiger partial charge >= 0.3 is 0 Å². The molecule has 1 heterocycles. The van der Waals surface area contributed by atoms with Crippen molar-refractivity contribution in [2.45, 2.75) is 37.3 Å². The third kappa shape index (κ3) is 1.73. The molecule has 1 N–H and O–H groups in total. The van der Waals surface area contributed by atoms with Gasteiger partial charge in [-0.2, -0.15) is 0 Å². The summed E-state index contributed by atoms with van der Waals surface area (Å²) in [4.78, 5) is 0. The van der Waals surface area contributed by atoms with E-state index < -0.39 is 0 Å². The molecule has 0 radical (unpaired) electrons. The summed E-state index contributed by atoms with van der Waals surface area (Å²) in [6.07, 6.45) is 5.32. The van der Waals surface area contributed by atoms with E-state index in [-0.39, 0.29) is 5.54 Å². The summed E-state index contributed by atoms with van der Waals surface area (Å²) in [6, 6.07) is 0. The van der Waals surface area contributed by atoms with Crippen molar-refractivity contribution in [3.8, 4) is 0 Å². The fraction of sp³-hybridized carbons (Fsp3) is 1.00. The lowest BCUT2D eigenvalue weighted by molar-refractivity contribution is -0.0783. The van der Waals surface area contributed by atoms with Gasteiger partial charge in [-0.05, 0) is 12.8 Å². The molecular formula is C10H19NO2. The van der Waals surface area contributed by atoms with Gasteiger partial charge in [-0.1, -0.05) is 12.8 Å². The summed E-state index contributed by atoms with van der Waals surface area (Å²) in [6.45, 7) is 2.64. The van der Waals surface area contributed by atoms with Crippen molar-refractivity contribution in [3.63, 3.8) is 0 Å². The van der Waals surface area contributed by atoms with E-state index in [1.165, 1.54) is 25.7 Å². The summed E-state index contributed by atoms with van der Waals surface area (Å²) in [5.41, 5.74) is 0.130. The zero-order valence-electron chi connectivity index (χ0n) is 8.34. The maximum atomic E-state index is 5.55. The van der Waals surface area contributed by atoms with Crippen LogP contribution in [0.25, 0.3) is 0 Å². The topological polar surface area (TPSA) is 30.5 Å². The van der Waals surface area contributed by atoms with Gasteiger partial charge in [0.25, 0.3) is 0 Å². The minimum atomic E-state index is 0.130. The highest BCUT2D eigenvalue weighted by Gasteiger charge is 2.42. The van der Waals surface area contributed by atoms with E-state index in [1.54, 1.807) is 0 Å². The van der Waals surface area contributed by atoms with Gasteiger partial charge in [0.1, 0.15) is 0 Å². The van der Waals surface area contributed by atoms with E-state index in [4.69, 9.17) is 9.47 Å². The molecule has 3 heteroatoms. The average molecular weight is 185 g/mol. The molecule has 76 valence electrons. The van der Waals surface area contributed by atoms with E-state index in [1.807, 2.05) is 7.11 Å². The number of hydrogen-bond donors (Lipinski definition) is 1. The van der Waals surface area contributed by atoms with Crippen molar-refractivity contribution in [2.75, 3.05) is 26.9 Å². The quantitative estimate of drug-likeness (QED) is 0.659. The molecule has 1 aliphatic heterocycles. The molecule has 2 unspecified atom stereocenters. The normalized spacial score (nSPS) is 40.8. The van der Waals surface area contributed by atoms with Crippen LogP contribution in [0.1, 0.15) is 25.7 Å². The predicted molar refractivity (Wildman–Crippen MR) is 50.8 cm³/mol. The van der Waals surface area contributed by atoms with Crippen LogP contribution in [0.3, 0.4) is 0 Å². The van der Waals surface area contributed by atoms with Crippen molar-refractivity contribution in [1.82, 2.24) is 5.32 Å². The Bertz CT molecular complexity index is 158. The van der Waals surface area contributed by atoms with Gasteiger partial charge in [0, 0.05) is 13.7 Å². The monoisotopic (exact) mass is 185 g/mol. The summed E-state index contributed by atoms with van der Waals surface area (Å²) in [5, 5.41) is 3.59. The molecule has 0 aromatic carbocycles. The first kappa shape index (κ1) is 9.44.